The fourth-order valence-electron chi connectivity index (χ4n) is 2.81. The number of aromatic hydroxyl groups is 2. The lowest BCUT2D eigenvalue weighted by atomic mass is 10.0. The maximum Gasteiger partial charge on any atom is 0.160 e. The summed E-state index contributed by atoms with van der Waals surface area (Å²) in [6.07, 6.45) is 19.5. The molecule has 0 fully saturated rings. The van der Waals surface area contributed by atoms with Gasteiger partial charge in [-0.05, 0) is 50.2 Å². The third-order valence-electron chi connectivity index (χ3n) is 4.31. The molecule has 1 aromatic rings. The van der Waals surface area contributed by atoms with Crippen molar-refractivity contribution in [2.75, 3.05) is 0 Å². The van der Waals surface area contributed by atoms with Crippen LogP contribution in [0.15, 0.2) is 30.4 Å². The highest BCUT2D eigenvalue weighted by molar-refractivity contribution is 5.44. The third kappa shape index (κ3) is 9.32. The van der Waals surface area contributed by atoms with Crippen LogP contribution in [0.2, 0.25) is 0 Å². The molecule has 1 aromatic carbocycles. The van der Waals surface area contributed by atoms with Gasteiger partial charge in [0, 0.05) is 0 Å². The lowest BCUT2D eigenvalue weighted by Gasteiger charge is -2.05. The zero-order valence-corrected chi connectivity index (χ0v) is 14.8. The average Bonchev–Trinajstić information content (AvgIpc) is 2.55. The van der Waals surface area contributed by atoms with Crippen LogP contribution >= 0.6 is 0 Å². The molecule has 0 amide bonds. The van der Waals surface area contributed by atoms with Gasteiger partial charge in [0.15, 0.2) is 11.5 Å². The zero-order chi connectivity index (χ0) is 16.8. The van der Waals surface area contributed by atoms with Crippen LogP contribution in [0.25, 0.3) is 0 Å². The molecule has 0 saturated carbocycles. The van der Waals surface area contributed by atoms with E-state index in [9.17, 15) is 10.2 Å². The van der Waals surface area contributed by atoms with Gasteiger partial charge in [-0.1, -0.05) is 69.7 Å². The average molecular weight is 319 g/mol. The molecule has 0 heterocycles. The van der Waals surface area contributed by atoms with Crippen molar-refractivity contribution in [3.63, 3.8) is 0 Å². The number of para-hydroxylation sites is 1. The molecule has 2 N–H and O–H groups in total. The van der Waals surface area contributed by atoms with E-state index < -0.39 is 0 Å². The SMILES string of the molecule is CCCCCC/C=C/CCCCCCCc1cccc(O)c1O. The Morgan fingerprint density at radius 2 is 1.39 bits per heavy atom. The lowest BCUT2D eigenvalue weighted by Crippen LogP contribution is -1.87. The summed E-state index contributed by atoms with van der Waals surface area (Å²) in [5, 5.41) is 19.2. The highest BCUT2D eigenvalue weighted by Gasteiger charge is 2.04. The van der Waals surface area contributed by atoms with E-state index in [1.165, 1.54) is 70.3 Å². The van der Waals surface area contributed by atoms with E-state index in [0.29, 0.717) is 0 Å². The number of rotatable bonds is 13. The molecule has 0 unspecified atom stereocenters. The zero-order valence-electron chi connectivity index (χ0n) is 14.8. The molecule has 130 valence electrons. The number of hydrogen-bond donors (Lipinski definition) is 2. The third-order valence-corrected chi connectivity index (χ3v) is 4.31. The number of hydrogen-bond acceptors (Lipinski definition) is 2. The van der Waals surface area contributed by atoms with Crippen LogP contribution < -0.4 is 0 Å². The first-order valence-electron chi connectivity index (χ1n) is 9.40. The minimum Gasteiger partial charge on any atom is -0.504 e. The Kier molecular flexibility index (Phi) is 11.1. The number of phenolic OH excluding ortho intramolecular Hbond substituents is 2. The molecule has 0 bridgehead atoms. The molecule has 2 nitrogen and oxygen atoms in total. The van der Waals surface area contributed by atoms with E-state index in [4.69, 9.17) is 0 Å². The van der Waals surface area contributed by atoms with Gasteiger partial charge in [-0.2, -0.15) is 0 Å². The van der Waals surface area contributed by atoms with Gasteiger partial charge < -0.3 is 10.2 Å². The second kappa shape index (κ2) is 13.0. The fraction of sp³-hybridized carbons (Fsp3) is 0.619. The van der Waals surface area contributed by atoms with Gasteiger partial charge in [0.25, 0.3) is 0 Å². The van der Waals surface area contributed by atoms with E-state index in [2.05, 4.69) is 19.1 Å². The lowest BCUT2D eigenvalue weighted by molar-refractivity contribution is 0.398. The normalized spacial score (nSPS) is 11.3. The minimum atomic E-state index is -0.0102. The van der Waals surface area contributed by atoms with Gasteiger partial charge in [0.2, 0.25) is 0 Å². The van der Waals surface area contributed by atoms with Crippen LogP contribution in [-0.4, -0.2) is 10.2 Å². The number of allylic oxidation sites excluding steroid dienone is 2. The number of aryl methyl sites for hydroxylation is 1. The Morgan fingerprint density at radius 1 is 0.783 bits per heavy atom. The van der Waals surface area contributed by atoms with Crippen LogP contribution in [0.1, 0.15) is 83.1 Å². The highest BCUT2D eigenvalue weighted by Crippen LogP contribution is 2.29. The summed E-state index contributed by atoms with van der Waals surface area (Å²) in [6.45, 7) is 2.25. The second-order valence-corrected chi connectivity index (χ2v) is 6.41. The Bertz CT molecular complexity index is 437. The molecule has 0 aliphatic heterocycles. The summed E-state index contributed by atoms with van der Waals surface area (Å²) in [6, 6.07) is 5.20. The minimum absolute atomic E-state index is 0.0102. The van der Waals surface area contributed by atoms with Gasteiger partial charge in [-0.15, -0.1) is 0 Å². The quantitative estimate of drug-likeness (QED) is 0.247. The summed E-state index contributed by atoms with van der Waals surface area (Å²) >= 11 is 0. The van der Waals surface area contributed by atoms with Crippen molar-refractivity contribution in [2.24, 2.45) is 0 Å². The summed E-state index contributed by atoms with van der Waals surface area (Å²) in [4.78, 5) is 0. The summed E-state index contributed by atoms with van der Waals surface area (Å²) in [5.74, 6) is 0.0422. The van der Waals surface area contributed by atoms with Gasteiger partial charge in [0.05, 0.1) is 0 Å². The molecular weight excluding hydrogens is 284 g/mol. The van der Waals surface area contributed by atoms with E-state index in [1.54, 1.807) is 6.07 Å². The molecular formula is C21H34O2. The first kappa shape index (κ1) is 19.6. The topological polar surface area (TPSA) is 40.5 Å². The van der Waals surface area contributed by atoms with Crippen LogP contribution in [0.3, 0.4) is 0 Å². The number of unbranched alkanes of at least 4 members (excludes halogenated alkanes) is 9. The van der Waals surface area contributed by atoms with Crippen molar-refractivity contribution in [1.29, 1.82) is 0 Å². The predicted molar refractivity (Wildman–Crippen MR) is 99.1 cm³/mol. The summed E-state index contributed by atoms with van der Waals surface area (Å²) < 4.78 is 0. The van der Waals surface area contributed by atoms with Gasteiger partial charge >= 0.3 is 0 Å². The maximum atomic E-state index is 9.73. The van der Waals surface area contributed by atoms with Gasteiger partial charge in [0.1, 0.15) is 0 Å². The Morgan fingerprint density at radius 3 is 2.09 bits per heavy atom. The van der Waals surface area contributed by atoms with Crippen molar-refractivity contribution >= 4 is 0 Å². The molecule has 0 aliphatic rings. The molecule has 0 aromatic heterocycles. The first-order valence-corrected chi connectivity index (χ1v) is 9.40. The Balaban J connectivity index is 1.94. The predicted octanol–water partition coefficient (Wildman–Crippen LogP) is 6.51. The van der Waals surface area contributed by atoms with Crippen molar-refractivity contribution in [1.82, 2.24) is 0 Å². The van der Waals surface area contributed by atoms with Crippen molar-refractivity contribution in [3.8, 4) is 11.5 Å². The molecule has 1 rings (SSSR count). The first-order chi connectivity index (χ1) is 11.3. The maximum absolute atomic E-state index is 9.73. The highest BCUT2D eigenvalue weighted by atomic mass is 16.3. The molecule has 0 spiro atoms. The largest absolute Gasteiger partial charge is 0.504 e. The summed E-state index contributed by atoms with van der Waals surface area (Å²) in [7, 11) is 0. The van der Waals surface area contributed by atoms with E-state index >= 15 is 0 Å². The second-order valence-electron chi connectivity index (χ2n) is 6.41. The van der Waals surface area contributed by atoms with Crippen molar-refractivity contribution < 1.29 is 10.2 Å². The van der Waals surface area contributed by atoms with Crippen molar-refractivity contribution in [2.45, 2.75) is 84.0 Å². The van der Waals surface area contributed by atoms with Crippen LogP contribution in [0, 0.1) is 0 Å². The van der Waals surface area contributed by atoms with Gasteiger partial charge in [-0.25, -0.2) is 0 Å². The fourth-order valence-corrected chi connectivity index (χ4v) is 2.81. The summed E-state index contributed by atoms with van der Waals surface area (Å²) in [5.41, 5.74) is 0.857. The molecule has 0 aliphatic carbocycles. The molecule has 2 heteroatoms. The Hall–Kier alpha value is -1.44. The molecule has 0 saturated heterocycles. The monoisotopic (exact) mass is 318 g/mol. The van der Waals surface area contributed by atoms with Crippen LogP contribution in [0.4, 0.5) is 0 Å². The molecule has 23 heavy (non-hydrogen) atoms. The van der Waals surface area contributed by atoms with Crippen LogP contribution in [-0.2, 0) is 6.42 Å². The Labute approximate surface area is 142 Å². The van der Waals surface area contributed by atoms with Crippen LogP contribution in [0.5, 0.6) is 11.5 Å². The van der Waals surface area contributed by atoms with Crippen molar-refractivity contribution in [3.05, 3.63) is 35.9 Å². The van der Waals surface area contributed by atoms with E-state index in [-0.39, 0.29) is 11.5 Å². The van der Waals surface area contributed by atoms with E-state index in [1.807, 2.05) is 6.07 Å². The van der Waals surface area contributed by atoms with Gasteiger partial charge in [-0.3, -0.25) is 0 Å². The number of benzene rings is 1. The van der Waals surface area contributed by atoms with E-state index in [0.717, 1.165) is 18.4 Å². The number of phenols is 2. The molecule has 0 radical (unpaired) electrons. The standard InChI is InChI=1S/C21H34O2/c1-2-3-4-5-6-7-8-9-10-11-12-13-14-16-19-17-15-18-20(22)21(19)23/h7-8,15,17-18,22-23H,2-6,9-14,16H2,1H3/b8-7+. The smallest absolute Gasteiger partial charge is 0.160 e. The molecule has 0 atom stereocenters.